The molecule has 0 spiro atoms. The summed E-state index contributed by atoms with van der Waals surface area (Å²) >= 11 is 0. The zero-order chi connectivity index (χ0) is 11.1. The van der Waals surface area contributed by atoms with Gasteiger partial charge in [-0.05, 0) is 26.3 Å². The number of carbonyl (C=O) groups excluding carboxylic acids is 2. The third kappa shape index (κ3) is 4.29. The Balaban J connectivity index is 2.41. The van der Waals surface area contributed by atoms with E-state index in [1.54, 1.807) is 6.92 Å². The van der Waals surface area contributed by atoms with Gasteiger partial charge in [0.25, 0.3) is 0 Å². The molecule has 1 amide bonds. The molecule has 0 aromatic heterocycles. The highest BCUT2D eigenvalue weighted by molar-refractivity contribution is 5.86. The average molecular weight is 214 g/mol. The molecule has 0 aromatic rings. The molecular weight excluding hydrogens is 196 g/mol. The van der Waals surface area contributed by atoms with E-state index >= 15 is 0 Å². The molecule has 1 fully saturated rings. The second-order valence-electron chi connectivity index (χ2n) is 3.51. The summed E-state index contributed by atoms with van der Waals surface area (Å²) in [6, 6.07) is -0.440. The molecule has 1 heterocycles. The van der Waals surface area contributed by atoms with Gasteiger partial charge in [0.05, 0.1) is 19.1 Å². The molecule has 1 atom stereocenters. The number of hydrogen-bond acceptors (Lipinski definition) is 4. The van der Waals surface area contributed by atoms with Crippen LogP contribution in [0.4, 0.5) is 0 Å². The van der Waals surface area contributed by atoms with Crippen molar-refractivity contribution in [2.75, 3.05) is 19.7 Å². The first-order valence-corrected chi connectivity index (χ1v) is 5.40. The van der Waals surface area contributed by atoms with E-state index in [1.807, 2.05) is 0 Å². The van der Waals surface area contributed by atoms with Crippen LogP contribution in [-0.4, -0.2) is 37.6 Å². The summed E-state index contributed by atoms with van der Waals surface area (Å²) in [4.78, 5) is 22.7. The summed E-state index contributed by atoms with van der Waals surface area (Å²) in [6.07, 6.45) is 2.10. The number of ether oxygens (including phenoxy) is 1. The van der Waals surface area contributed by atoms with Crippen molar-refractivity contribution < 1.29 is 14.3 Å². The lowest BCUT2D eigenvalue weighted by atomic mass is 10.1. The topological polar surface area (TPSA) is 67.4 Å². The fraction of sp³-hybridized carbons (Fsp3) is 0.800. The quantitative estimate of drug-likeness (QED) is 0.639. The predicted molar refractivity (Wildman–Crippen MR) is 55.3 cm³/mol. The van der Waals surface area contributed by atoms with Crippen molar-refractivity contribution in [2.45, 2.75) is 32.2 Å². The van der Waals surface area contributed by atoms with Crippen molar-refractivity contribution in [3.05, 3.63) is 0 Å². The maximum absolute atomic E-state index is 11.5. The van der Waals surface area contributed by atoms with Crippen LogP contribution in [0.3, 0.4) is 0 Å². The standard InChI is InChI=1S/C10H18N2O3/c1-2-15-9(13)7-8-10(14)12-6-4-3-5-11-8/h8,11H,2-7H2,1H3,(H,12,14). The largest absolute Gasteiger partial charge is 0.466 e. The zero-order valence-corrected chi connectivity index (χ0v) is 9.04. The van der Waals surface area contributed by atoms with E-state index in [2.05, 4.69) is 10.6 Å². The van der Waals surface area contributed by atoms with Crippen molar-refractivity contribution in [3.8, 4) is 0 Å². The highest BCUT2D eigenvalue weighted by Crippen LogP contribution is 2.00. The Labute approximate surface area is 89.6 Å². The van der Waals surface area contributed by atoms with Crippen LogP contribution in [0.5, 0.6) is 0 Å². The SMILES string of the molecule is CCOC(=O)CC1NCCCCNC1=O. The van der Waals surface area contributed by atoms with E-state index in [0.29, 0.717) is 13.2 Å². The van der Waals surface area contributed by atoms with E-state index in [-0.39, 0.29) is 18.3 Å². The third-order valence-electron chi connectivity index (χ3n) is 2.29. The maximum Gasteiger partial charge on any atom is 0.307 e. The molecule has 0 aliphatic carbocycles. The van der Waals surface area contributed by atoms with Crippen LogP contribution < -0.4 is 10.6 Å². The normalized spacial score (nSPS) is 22.5. The maximum atomic E-state index is 11.5. The number of rotatable bonds is 3. The lowest BCUT2D eigenvalue weighted by molar-refractivity contribution is -0.145. The summed E-state index contributed by atoms with van der Waals surface area (Å²) in [6.45, 7) is 3.58. The molecule has 0 aromatic carbocycles. The molecule has 0 bridgehead atoms. The zero-order valence-electron chi connectivity index (χ0n) is 9.04. The Hall–Kier alpha value is -1.10. The van der Waals surface area contributed by atoms with Crippen molar-refractivity contribution in [1.82, 2.24) is 10.6 Å². The van der Waals surface area contributed by atoms with Crippen LogP contribution in [0.1, 0.15) is 26.2 Å². The average Bonchev–Trinajstić information content (AvgIpc) is 2.18. The number of amides is 1. The first kappa shape index (κ1) is 12.0. The molecule has 5 heteroatoms. The summed E-state index contributed by atoms with van der Waals surface area (Å²) in [5, 5.41) is 5.82. The first-order valence-electron chi connectivity index (χ1n) is 5.40. The Morgan fingerprint density at radius 1 is 1.47 bits per heavy atom. The van der Waals surface area contributed by atoms with E-state index in [4.69, 9.17) is 4.74 Å². The molecule has 1 saturated heterocycles. The van der Waals surface area contributed by atoms with Gasteiger partial charge in [-0.3, -0.25) is 9.59 Å². The second-order valence-corrected chi connectivity index (χ2v) is 3.51. The van der Waals surface area contributed by atoms with E-state index in [1.165, 1.54) is 0 Å². The molecule has 1 aliphatic rings. The number of esters is 1. The third-order valence-corrected chi connectivity index (χ3v) is 2.29. The Morgan fingerprint density at radius 2 is 2.20 bits per heavy atom. The molecule has 2 N–H and O–H groups in total. The monoisotopic (exact) mass is 214 g/mol. The summed E-state index contributed by atoms with van der Waals surface area (Å²) in [7, 11) is 0. The van der Waals surface area contributed by atoms with Crippen LogP contribution in [0.25, 0.3) is 0 Å². The highest BCUT2D eigenvalue weighted by atomic mass is 16.5. The highest BCUT2D eigenvalue weighted by Gasteiger charge is 2.22. The fourth-order valence-electron chi connectivity index (χ4n) is 1.51. The molecule has 0 saturated carbocycles. The molecule has 0 radical (unpaired) electrons. The van der Waals surface area contributed by atoms with Crippen LogP contribution in [0.15, 0.2) is 0 Å². The summed E-state index contributed by atoms with van der Waals surface area (Å²) < 4.78 is 4.81. The molecule has 5 nitrogen and oxygen atoms in total. The lowest BCUT2D eigenvalue weighted by Crippen LogP contribution is -2.47. The molecule has 86 valence electrons. The van der Waals surface area contributed by atoms with Gasteiger partial charge in [0, 0.05) is 6.54 Å². The van der Waals surface area contributed by atoms with Crippen LogP contribution in [-0.2, 0) is 14.3 Å². The first-order chi connectivity index (χ1) is 7.24. The van der Waals surface area contributed by atoms with Crippen molar-refractivity contribution in [1.29, 1.82) is 0 Å². The molecule has 1 rings (SSSR count). The van der Waals surface area contributed by atoms with E-state index in [9.17, 15) is 9.59 Å². The summed E-state index contributed by atoms with van der Waals surface area (Å²) in [5.74, 6) is -0.437. The second kappa shape index (κ2) is 6.40. The van der Waals surface area contributed by atoms with Crippen molar-refractivity contribution >= 4 is 11.9 Å². The van der Waals surface area contributed by atoms with Gasteiger partial charge in [0.1, 0.15) is 0 Å². The Kier molecular flexibility index (Phi) is 5.10. The van der Waals surface area contributed by atoms with Crippen molar-refractivity contribution in [3.63, 3.8) is 0 Å². The number of carbonyl (C=O) groups is 2. The lowest BCUT2D eigenvalue weighted by Gasteiger charge is -2.20. The van der Waals surface area contributed by atoms with Gasteiger partial charge in [-0.1, -0.05) is 0 Å². The smallest absolute Gasteiger partial charge is 0.307 e. The summed E-state index contributed by atoms with van der Waals surface area (Å²) in [5.41, 5.74) is 0. The molecular formula is C10H18N2O3. The van der Waals surface area contributed by atoms with Crippen LogP contribution >= 0.6 is 0 Å². The predicted octanol–water partition coefficient (Wildman–Crippen LogP) is -0.192. The fourth-order valence-corrected chi connectivity index (χ4v) is 1.51. The number of nitrogens with one attached hydrogen (secondary N) is 2. The van der Waals surface area contributed by atoms with Gasteiger partial charge in [-0.15, -0.1) is 0 Å². The molecule has 1 unspecified atom stereocenters. The van der Waals surface area contributed by atoms with Gasteiger partial charge in [-0.25, -0.2) is 0 Å². The minimum absolute atomic E-state index is 0.109. The van der Waals surface area contributed by atoms with Gasteiger partial charge in [0.15, 0.2) is 0 Å². The molecule has 1 aliphatic heterocycles. The van der Waals surface area contributed by atoms with Crippen molar-refractivity contribution in [2.24, 2.45) is 0 Å². The van der Waals surface area contributed by atoms with Gasteiger partial charge < -0.3 is 15.4 Å². The Bertz CT molecular complexity index is 231. The van der Waals surface area contributed by atoms with Crippen LogP contribution in [0, 0.1) is 0 Å². The van der Waals surface area contributed by atoms with E-state index < -0.39 is 6.04 Å². The van der Waals surface area contributed by atoms with Gasteiger partial charge in [0.2, 0.25) is 5.91 Å². The Morgan fingerprint density at radius 3 is 2.93 bits per heavy atom. The van der Waals surface area contributed by atoms with Gasteiger partial charge in [-0.2, -0.15) is 0 Å². The van der Waals surface area contributed by atoms with E-state index in [0.717, 1.165) is 19.4 Å². The van der Waals surface area contributed by atoms with Crippen LogP contribution in [0.2, 0.25) is 0 Å². The minimum atomic E-state index is -0.440. The number of hydrogen-bond donors (Lipinski definition) is 2. The van der Waals surface area contributed by atoms with Gasteiger partial charge >= 0.3 is 5.97 Å². The molecule has 15 heavy (non-hydrogen) atoms. The minimum Gasteiger partial charge on any atom is -0.466 e.